The highest BCUT2D eigenvalue weighted by Crippen LogP contribution is 2.35. The number of aromatic nitrogens is 1. The second-order valence-corrected chi connectivity index (χ2v) is 6.76. The maximum Gasteiger partial charge on any atom is 0.298 e. The predicted molar refractivity (Wildman–Crippen MR) is 94.4 cm³/mol. The van der Waals surface area contributed by atoms with Gasteiger partial charge in [-0.2, -0.15) is 0 Å². The zero-order chi connectivity index (χ0) is 16.6. The fourth-order valence-corrected chi connectivity index (χ4v) is 3.51. The Morgan fingerprint density at radius 2 is 1.83 bits per heavy atom. The number of carbonyl (C=O) groups is 2. The van der Waals surface area contributed by atoms with Crippen molar-refractivity contribution < 1.29 is 9.59 Å². The van der Waals surface area contributed by atoms with Crippen LogP contribution in [0.5, 0.6) is 0 Å². The van der Waals surface area contributed by atoms with E-state index in [1.54, 1.807) is 18.2 Å². The number of para-hydroxylation sites is 1. The van der Waals surface area contributed by atoms with E-state index in [0.717, 1.165) is 23.0 Å². The molecule has 0 atom stereocenters. The van der Waals surface area contributed by atoms with Crippen LogP contribution >= 0.6 is 11.8 Å². The van der Waals surface area contributed by atoms with Gasteiger partial charge in [0.15, 0.2) is 0 Å². The summed E-state index contributed by atoms with van der Waals surface area (Å²) in [5.41, 5.74) is 2.68. The average Bonchev–Trinajstić information content (AvgIpc) is 3.01. The molecule has 0 bridgehead atoms. The van der Waals surface area contributed by atoms with E-state index in [-0.39, 0.29) is 11.1 Å². The summed E-state index contributed by atoms with van der Waals surface area (Å²) in [5.74, 6) is -0.263. The van der Waals surface area contributed by atoms with Crippen LogP contribution in [0.25, 0.3) is 6.08 Å². The van der Waals surface area contributed by atoms with Crippen molar-refractivity contribution in [3.05, 3.63) is 58.8 Å². The van der Waals surface area contributed by atoms with Gasteiger partial charge in [-0.3, -0.25) is 9.59 Å². The molecule has 1 aliphatic heterocycles. The van der Waals surface area contributed by atoms with Gasteiger partial charge < -0.3 is 4.57 Å². The molecule has 23 heavy (non-hydrogen) atoms. The number of amides is 2. The van der Waals surface area contributed by atoms with E-state index in [1.807, 2.05) is 37.4 Å². The molecule has 3 rings (SSSR count). The minimum absolute atomic E-state index is 0.257. The number of aryl methyl sites for hydroxylation is 1. The van der Waals surface area contributed by atoms with Crippen LogP contribution in [0.15, 0.2) is 47.5 Å². The summed E-state index contributed by atoms with van der Waals surface area (Å²) in [6, 6.07) is 11.4. The number of thioether (sulfide) groups is 1. The van der Waals surface area contributed by atoms with Crippen molar-refractivity contribution in [1.29, 1.82) is 0 Å². The third-order valence-electron chi connectivity index (χ3n) is 3.73. The molecule has 118 valence electrons. The standard InChI is InChI=1S/C18H18N2O2S/c1-12(2)19-11-14(9-13(19)3)10-16-17(21)20(18(22)23-16)15-7-5-4-6-8-15/h4-12H,1-3H3/b16-10+. The van der Waals surface area contributed by atoms with E-state index < -0.39 is 0 Å². The highest BCUT2D eigenvalue weighted by Gasteiger charge is 2.36. The summed E-state index contributed by atoms with van der Waals surface area (Å²) in [6.45, 7) is 6.26. The second kappa shape index (κ2) is 6.08. The number of hydrogen-bond donors (Lipinski definition) is 0. The summed E-state index contributed by atoms with van der Waals surface area (Å²) in [5, 5.41) is -0.257. The Morgan fingerprint density at radius 1 is 1.13 bits per heavy atom. The number of carbonyl (C=O) groups excluding carboxylic acids is 2. The smallest absolute Gasteiger partial charge is 0.298 e. The third-order valence-corrected chi connectivity index (χ3v) is 4.60. The summed E-state index contributed by atoms with van der Waals surface area (Å²) in [6.07, 6.45) is 3.80. The fraction of sp³-hybridized carbons (Fsp3) is 0.222. The maximum absolute atomic E-state index is 12.6. The van der Waals surface area contributed by atoms with Crippen LogP contribution in [-0.4, -0.2) is 15.7 Å². The number of benzene rings is 1. The first-order valence-corrected chi connectivity index (χ1v) is 8.30. The maximum atomic E-state index is 12.6. The molecule has 1 aromatic heterocycles. The van der Waals surface area contributed by atoms with Crippen molar-refractivity contribution in [2.75, 3.05) is 4.90 Å². The van der Waals surface area contributed by atoms with Gasteiger partial charge in [-0.1, -0.05) is 18.2 Å². The van der Waals surface area contributed by atoms with Crippen molar-refractivity contribution in [2.45, 2.75) is 26.8 Å². The molecular formula is C18H18N2O2S. The zero-order valence-electron chi connectivity index (χ0n) is 13.3. The monoisotopic (exact) mass is 326 g/mol. The predicted octanol–water partition coefficient (Wildman–Crippen LogP) is 4.62. The summed E-state index contributed by atoms with van der Waals surface area (Å²) < 4.78 is 2.15. The molecule has 0 spiro atoms. The molecule has 2 amide bonds. The molecule has 4 nitrogen and oxygen atoms in total. The van der Waals surface area contributed by atoms with Gasteiger partial charge >= 0.3 is 0 Å². The van der Waals surface area contributed by atoms with Crippen LogP contribution in [0.4, 0.5) is 10.5 Å². The molecule has 5 heteroatoms. The topological polar surface area (TPSA) is 42.3 Å². The first kappa shape index (κ1) is 15.6. The van der Waals surface area contributed by atoms with Gasteiger partial charge in [-0.15, -0.1) is 0 Å². The molecule has 0 aliphatic carbocycles. The number of imide groups is 1. The molecule has 1 saturated heterocycles. The fourth-order valence-electron chi connectivity index (χ4n) is 2.67. The molecular weight excluding hydrogens is 308 g/mol. The summed E-state index contributed by atoms with van der Waals surface area (Å²) in [7, 11) is 0. The Bertz CT molecular complexity index is 791. The average molecular weight is 326 g/mol. The van der Waals surface area contributed by atoms with Crippen LogP contribution in [0.3, 0.4) is 0 Å². The van der Waals surface area contributed by atoms with Crippen LogP contribution < -0.4 is 4.90 Å². The molecule has 0 saturated carbocycles. The van der Waals surface area contributed by atoms with Crippen molar-refractivity contribution in [3.63, 3.8) is 0 Å². The van der Waals surface area contributed by atoms with Gasteiger partial charge in [-0.25, -0.2) is 4.90 Å². The Morgan fingerprint density at radius 3 is 2.43 bits per heavy atom. The van der Waals surface area contributed by atoms with Crippen molar-refractivity contribution in [3.8, 4) is 0 Å². The van der Waals surface area contributed by atoms with Crippen molar-refractivity contribution in [1.82, 2.24) is 4.57 Å². The third kappa shape index (κ3) is 2.97. The first-order valence-electron chi connectivity index (χ1n) is 7.49. The SMILES string of the molecule is Cc1cc(/C=C2/SC(=O)N(c3ccccc3)C2=O)cn1C(C)C. The Labute approximate surface area is 139 Å². The van der Waals surface area contributed by atoms with Gasteiger partial charge in [0.05, 0.1) is 10.6 Å². The van der Waals surface area contributed by atoms with Gasteiger partial charge in [0.1, 0.15) is 0 Å². The lowest BCUT2D eigenvalue weighted by molar-refractivity contribution is -0.113. The summed E-state index contributed by atoms with van der Waals surface area (Å²) >= 11 is 0.984. The number of rotatable bonds is 3. The largest absolute Gasteiger partial charge is 0.349 e. The van der Waals surface area contributed by atoms with Crippen LogP contribution in [-0.2, 0) is 4.79 Å². The minimum atomic E-state index is -0.263. The van der Waals surface area contributed by atoms with E-state index in [1.165, 1.54) is 4.90 Å². The highest BCUT2D eigenvalue weighted by molar-refractivity contribution is 8.19. The molecule has 1 aromatic carbocycles. The van der Waals surface area contributed by atoms with Crippen molar-refractivity contribution in [2.24, 2.45) is 0 Å². The zero-order valence-corrected chi connectivity index (χ0v) is 14.1. The molecule has 0 unspecified atom stereocenters. The number of anilines is 1. The Hall–Kier alpha value is -2.27. The summed E-state index contributed by atoms with van der Waals surface area (Å²) in [4.78, 5) is 26.4. The van der Waals surface area contributed by atoms with Gasteiger partial charge in [0.25, 0.3) is 11.1 Å². The number of nitrogens with zero attached hydrogens (tertiary/aromatic N) is 2. The van der Waals surface area contributed by atoms with Crippen LogP contribution in [0.1, 0.15) is 31.1 Å². The molecule has 2 aromatic rings. The van der Waals surface area contributed by atoms with Crippen molar-refractivity contribution >= 4 is 34.7 Å². The number of hydrogen-bond acceptors (Lipinski definition) is 3. The normalized spacial score (nSPS) is 16.9. The molecule has 0 N–H and O–H groups in total. The lowest BCUT2D eigenvalue weighted by atomic mass is 10.2. The van der Waals surface area contributed by atoms with Gasteiger partial charge in [0, 0.05) is 17.9 Å². The van der Waals surface area contributed by atoms with Crippen LogP contribution in [0.2, 0.25) is 0 Å². The lowest BCUT2D eigenvalue weighted by Gasteiger charge is -2.11. The Balaban J connectivity index is 1.92. The van der Waals surface area contributed by atoms with E-state index >= 15 is 0 Å². The first-order chi connectivity index (χ1) is 11.0. The molecule has 1 aliphatic rings. The molecule has 0 radical (unpaired) electrons. The molecule has 1 fully saturated rings. The van der Waals surface area contributed by atoms with Crippen LogP contribution in [0, 0.1) is 6.92 Å². The van der Waals surface area contributed by atoms with E-state index in [2.05, 4.69) is 18.4 Å². The quantitative estimate of drug-likeness (QED) is 0.773. The molecule has 2 heterocycles. The second-order valence-electron chi connectivity index (χ2n) is 5.77. The van der Waals surface area contributed by atoms with E-state index in [0.29, 0.717) is 16.6 Å². The van der Waals surface area contributed by atoms with E-state index in [9.17, 15) is 9.59 Å². The highest BCUT2D eigenvalue weighted by atomic mass is 32.2. The minimum Gasteiger partial charge on any atom is -0.349 e. The Kier molecular flexibility index (Phi) is 4.13. The van der Waals surface area contributed by atoms with Gasteiger partial charge in [0.2, 0.25) is 0 Å². The van der Waals surface area contributed by atoms with Gasteiger partial charge in [-0.05, 0) is 62.4 Å². The lowest BCUT2D eigenvalue weighted by Crippen LogP contribution is -2.27. The van der Waals surface area contributed by atoms with E-state index in [4.69, 9.17) is 0 Å².